The van der Waals surface area contributed by atoms with Crippen LogP contribution in [-0.4, -0.2) is 46.5 Å². The second kappa shape index (κ2) is 12.8. The predicted molar refractivity (Wildman–Crippen MR) is 132 cm³/mol. The van der Waals surface area contributed by atoms with Gasteiger partial charge in [0.05, 0.1) is 18.0 Å². The molecular weight excluding hydrogens is 515 g/mol. The maximum absolute atomic E-state index is 12.0. The Morgan fingerprint density at radius 3 is 2.40 bits per heavy atom. The minimum absolute atomic E-state index is 0. The highest BCUT2D eigenvalue weighted by atomic mass is 127. The number of benzene rings is 2. The fourth-order valence-corrected chi connectivity index (χ4v) is 3.57. The van der Waals surface area contributed by atoms with Crippen molar-refractivity contribution in [2.75, 3.05) is 27.2 Å². The average molecular weight is 546 g/mol. The molecule has 0 spiro atoms. The summed E-state index contributed by atoms with van der Waals surface area (Å²) < 4.78 is 31.8. The van der Waals surface area contributed by atoms with Gasteiger partial charge in [-0.1, -0.05) is 24.3 Å². The molecule has 0 amide bonds. The largest absolute Gasteiger partial charge is 0.494 e. The highest BCUT2D eigenvalue weighted by molar-refractivity contribution is 14.0. The standard InChI is InChI=1S/C21H30N4O3S.HI/c1-5-23-21(25(4)16-17-10-12-19(13-11-17)28-6-2)24-15-18-8-7-9-20(14-18)29(26,27)22-3;/h7-14,22H,5-6,15-16H2,1-4H3,(H,23,24);1H. The fourth-order valence-electron chi connectivity index (χ4n) is 2.77. The first-order valence-corrected chi connectivity index (χ1v) is 11.1. The molecular formula is C21H31IN4O3S. The third kappa shape index (κ3) is 7.77. The molecule has 30 heavy (non-hydrogen) atoms. The van der Waals surface area contributed by atoms with E-state index in [0.29, 0.717) is 19.7 Å². The van der Waals surface area contributed by atoms with Crippen LogP contribution in [-0.2, 0) is 23.1 Å². The zero-order valence-electron chi connectivity index (χ0n) is 17.9. The zero-order chi connectivity index (χ0) is 21.3. The maximum Gasteiger partial charge on any atom is 0.240 e. The van der Waals surface area contributed by atoms with Gasteiger partial charge in [0, 0.05) is 20.1 Å². The summed E-state index contributed by atoms with van der Waals surface area (Å²) in [5.41, 5.74) is 1.97. The topological polar surface area (TPSA) is 83.0 Å². The Morgan fingerprint density at radius 1 is 1.10 bits per heavy atom. The molecule has 0 heterocycles. The highest BCUT2D eigenvalue weighted by Gasteiger charge is 2.12. The Balaban J connectivity index is 0.00000450. The molecule has 0 aliphatic carbocycles. The molecule has 0 atom stereocenters. The summed E-state index contributed by atoms with van der Waals surface area (Å²) in [6, 6.07) is 14.8. The number of hydrogen-bond acceptors (Lipinski definition) is 4. The number of nitrogens with one attached hydrogen (secondary N) is 2. The van der Waals surface area contributed by atoms with E-state index in [9.17, 15) is 8.42 Å². The summed E-state index contributed by atoms with van der Waals surface area (Å²) in [6.45, 7) is 6.43. The molecule has 0 saturated carbocycles. The van der Waals surface area contributed by atoms with Crippen molar-refractivity contribution in [2.24, 2.45) is 4.99 Å². The van der Waals surface area contributed by atoms with E-state index < -0.39 is 10.0 Å². The summed E-state index contributed by atoms with van der Waals surface area (Å²) >= 11 is 0. The van der Waals surface area contributed by atoms with Crippen molar-refractivity contribution in [3.8, 4) is 5.75 Å². The third-order valence-electron chi connectivity index (χ3n) is 4.24. The molecule has 2 aromatic rings. The number of nitrogens with zero attached hydrogens (tertiary/aromatic N) is 2. The number of aliphatic imine (C=N–C) groups is 1. The second-order valence-corrected chi connectivity index (χ2v) is 8.34. The van der Waals surface area contributed by atoms with Crippen molar-refractivity contribution in [1.82, 2.24) is 14.9 Å². The van der Waals surface area contributed by atoms with E-state index in [4.69, 9.17) is 4.74 Å². The Morgan fingerprint density at radius 2 is 1.80 bits per heavy atom. The Kier molecular flexibility index (Phi) is 11.1. The number of rotatable bonds is 9. The van der Waals surface area contributed by atoms with E-state index in [-0.39, 0.29) is 28.9 Å². The van der Waals surface area contributed by atoms with Crippen LogP contribution in [0.3, 0.4) is 0 Å². The van der Waals surface area contributed by atoms with E-state index >= 15 is 0 Å². The summed E-state index contributed by atoms with van der Waals surface area (Å²) in [7, 11) is -0.0949. The van der Waals surface area contributed by atoms with E-state index in [1.54, 1.807) is 18.2 Å². The number of hydrogen-bond donors (Lipinski definition) is 2. The van der Waals surface area contributed by atoms with Gasteiger partial charge < -0.3 is 15.0 Å². The molecule has 166 valence electrons. The Bertz CT molecular complexity index is 918. The molecule has 2 rings (SSSR count). The van der Waals surface area contributed by atoms with Crippen LogP contribution >= 0.6 is 24.0 Å². The molecule has 0 fully saturated rings. The fraction of sp³-hybridized carbons (Fsp3) is 0.381. The molecule has 0 bridgehead atoms. The number of sulfonamides is 1. The maximum atomic E-state index is 12.0. The molecule has 0 radical (unpaired) electrons. The van der Waals surface area contributed by atoms with Crippen LogP contribution in [0, 0.1) is 0 Å². The van der Waals surface area contributed by atoms with Crippen LogP contribution in [0.4, 0.5) is 0 Å². The second-order valence-electron chi connectivity index (χ2n) is 6.46. The molecule has 0 aromatic heterocycles. The average Bonchev–Trinajstić information content (AvgIpc) is 2.73. The molecule has 0 unspecified atom stereocenters. The van der Waals surface area contributed by atoms with E-state index in [1.807, 2.05) is 56.1 Å². The summed E-state index contributed by atoms with van der Waals surface area (Å²) in [4.78, 5) is 6.94. The lowest BCUT2D eigenvalue weighted by molar-refractivity contribution is 0.340. The lowest BCUT2D eigenvalue weighted by atomic mass is 10.2. The van der Waals surface area contributed by atoms with Gasteiger partial charge in [-0.15, -0.1) is 24.0 Å². The SMILES string of the molecule is CCNC(=NCc1cccc(S(=O)(=O)NC)c1)N(C)Cc1ccc(OCC)cc1.I. The van der Waals surface area contributed by atoms with Gasteiger partial charge in [-0.3, -0.25) is 0 Å². The van der Waals surface area contributed by atoms with Crippen LogP contribution in [0.5, 0.6) is 5.75 Å². The van der Waals surface area contributed by atoms with Crippen LogP contribution in [0.15, 0.2) is 58.4 Å². The zero-order valence-corrected chi connectivity index (χ0v) is 21.0. The van der Waals surface area contributed by atoms with E-state index in [2.05, 4.69) is 15.0 Å². The van der Waals surface area contributed by atoms with Crippen molar-refractivity contribution in [3.05, 3.63) is 59.7 Å². The number of guanidine groups is 1. The smallest absolute Gasteiger partial charge is 0.240 e. The minimum atomic E-state index is -3.47. The van der Waals surface area contributed by atoms with Crippen LogP contribution in [0.25, 0.3) is 0 Å². The summed E-state index contributed by atoms with van der Waals surface area (Å²) in [5.74, 6) is 1.61. The Hall–Kier alpha value is -1.85. The molecule has 7 nitrogen and oxygen atoms in total. The third-order valence-corrected chi connectivity index (χ3v) is 5.65. The molecule has 0 saturated heterocycles. The van der Waals surface area contributed by atoms with Crippen molar-refractivity contribution in [1.29, 1.82) is 0 Å². The van der Waals surface area contributed by atoms with Gasteiger partial charge in [0.15, 0.2) is 5.96 Å². The normalized spacial score (nSPS) is 11.5. The summed E-state index contributed by atoms with van der Waals surface area (Å²) in [5, 5.41) is 3.28. The lowest BCUT2D eigenvalue weighted by Gasteiger charge is -2.22. The van der Waals surface area contributed by atoms with Crippen LogP contribution in [0.2, 0.25) is 0 Å². The van der Waals surface area contributed by atoms with Gasteiger partial charge in [0.1, 0.15) is 5.75 Å². The highest BCUT2D eigenvalue weighted by Crippen LogP contribution is 2.14. The minimum Gasteiger partial charge on any atom is -0.494 e. The van der Waals surface area contributed by atoms with Crippen molar-refractivity contribution in [3.63, 3.8) is 0 Å². The van der Waals surface area contributed by atoms with Gasteiger partial charge in [0.2, 0.25) is 10.0 Å². The monoisotopic (exact) mass is 546 g/mol. The van der Waals surface area contributed by atoms with Gasteiger partial charge in [-0.2, -0.15) is 0 Å². The van der Waals surface area contributed by atoms with Crippen LogP contribution < -0.4 is 14.8 Å². The van der Waals surface area contributed by atoms with Gasteiger partial charge >= 0.3 is 0 Å². The molecule has 0 aliphatic heterocycles. The van der Waals surface area contributed by atoms with Crippen LogP contribution in [0.1, 0.15) is 25.0 Å². The van der Waals surface area contributed by atoms with E-state index in [0.717, 1.165) is 29.4 Å². The van der Waals surface area contributed by atoms with Crippen molar-refractivity contribution >= 4 is 40.0 Å². The number of halogens is 1. The first-order valence-electron chi connectivity index (χ1n) is 9.63. The van der Waals surface area contributed by atoms with Gasteiger partial charge in [-0.05, 0) is 56.3 Å². The number of ether oxygens (including phenoxy) is 1. The van der Waals surface area contributed by atoms with Crippen molar-refractivity contribution in [2.45, 2.75) is 31.8 Å². The molecule has 0 aliphatic rings. The molecule has 2 aromatic carbocycles. The lowest BCUT2D eigenvalue weighted by Crippen LogP contribution is -2.38. The van der Waals surface area contributed by atoms with Gasteiger partial charge in [-0.25, -0.2) is 18.1 Å². The van der Waals surface area contributed by atoms with Gasteiger partial charge in [0.25, 0.3) is 0 Å². The quantitative estimate of drug-likeness (QED) is 0.287. The molecule has 2 N–H and O–H groups in total. The predicted octanol–water partition coefficient (Wildman–Crippen LogP) is 3.21. The summed E-state index contributed by atoms with van der Waals surface area (Å²) in [6.07, 6.45) is 0. The first-order chi connectivity index (χ1) is 13.9. The van der Waals surface area contributed by atoms with E-state index in [1.165, 1.54) is 7.05 Å². The van der Waals surface area contributed by atoms with Crippen molar-refractivity contribution < 1.29 is 13.2 Å². The first kappa shape index (κ1) is 26.2. The molecule has 9 heteroatoms. The Labute approximate surface area is 197 Å².